The molecule has 1 N–H and O–H groups in total. The van der Waals surface area contributed by atoms with Gasteiger partial charge in [0.15, 0.2) is 5.78 Å². The van der Waals surface area contributed by atoms with E-state index in [-0.39, 0.29) is 11.0 Å². The fourth-order valence-corrected chi connectivity index (χ4v) is 2.43. The van der Waals surface area contributed by atoms with Crippen LogP contribution in [0, 0.1) is 6.92 Å². The summed E-state index contributed by atoms with van der Waals surface area (Å²) in [5.74, 6) is 0.0130. The quantitative estimate of drug-likeness (QED) is 0.821. The van der Waals surface area contributed by atoms with Crippen molar-refractivity contribution in [2.75, 3.05) is 18.1 Å². The lowest BCUT2D eigenvalue weighted by Gasteiger charge is -2.10. The number of carbonyl (C=O) groups is 1. The third-order valence-corrected chi connectivity index (χ3v) is 4.53. The minimum absolute atomic E-state index is 0.0130. The van der Waals surface area contributed by atoms with Crippen molar-refractivity contribution in [1.29, 1.82) is 0 Å². The van der Waals surface area contributed by atoms with E-state index in [0.29, 0.717) is 12.1 Å². The van der Waals surface area contributed by atoms with Gasteiger partial charge in [0.25, 0.3) is 0 Å². The largest absolute Gasteiger partial charge is 0.374 e. The summed E-state index contributed by atoms with van der Waals surface area (Å²) < 4.78 is 15.3. The molecule has 0 spiro atoms. The first-order valence-corrected chi connectivity index (χ1v) is 7.36. The molecule has 0 aromatic carbocycles. The predicted molar refractivity (Wildman–Crippen MR) is 68.9 cm³/mol. The molecular formula is C10H16N2O2S2. The second kappa shape index (κ2) is 5.54. The highest BCUT2D eigenvalue weighted by Gasteiger charge is 2.15. The van der Waals surface area contributed by atoms with Gasteiger partial charge in [0.2, 0.25) is 0 Å². The van der Waals surface area contributed by atoms with E-state index in [9.17, 15) is 9.00 Å². The van der Waals surface area contributed by atoms with Gasteiger partial charge in [-0.2, -0.15) is 4.37 Å². The lowest BCUT2D eigenvalue weighted by Crippen LogP contribution is -2.20. The van der Waals surface area contributed by atoms with Gasteiger partial charge >= 0.3 is 0 Å². The molecule has 6 heteroatoms. The molecule has 90 valence electrons. The minimum Gasteiger partial charge on any atom is -0.374 e. The van der Waals surface area contributed by atoms with Crippen molar-refractivity contribution >= 4 is 33.1 Å². The van der Waals surface area contributed by atoms with Gasteiger partial charge in [-0.05, 0) is 32.3 Å². The van der Waals surface area contributed by atoms with Crippen LogP contribution in [-0.2, 0) is 10.8 Å². The van der Waals surface area contributed by atoms with E-state index >= 15 is 0 Å². The van der Waals surface area contributed by atoms with Crippen molar-refractivity contribution in [2.24, 2.45) is 0 Å². The third-order valence-electron chi connectivity index (χ3n) is 2.33. The summed E-state index contributed by atoms with van der Waals surface area (Å²) in [6, 6.07) is 0. The number of hydrogen-bond donors (Lipinski definition) is 1. The Balaban J connectivity index is 2.75. The number of aryl methyl sites for hydroxylation is 1. The highest BCUT2D eigenvalue weighted by atomic mass is 32.2. The molecule has 1 rings (SSSR count). The molecule has 2 atom stereocenters. The average molecular weight is 260 g/mol. The maximum absolute atomic E-state index is 11.4. The average Bonchev–Trinajstić information content (AvgIpc) is 2.55. The van der Waals surface area contributed by atoms with Gasteiger partial charge in [-0.1, -0.05) is 0 Å². The summed E-state index contributed by atoms with van der Waals surface area (Å²) in [7, 11) is -0.858. The molecule has 1 heterocycles. The summed E-state index contributed by atoms with van der Waals surface area (Å²) in [4.78, 5) is 11.4. The zero-order valence-electron chi connectivity index (χ0n) is 9.86. The molecule has 1 aromatic heterocycles. The van der Waals surface area contributed by atoms with Crippen LogP contribution in [0.25, 0.3) is 0 Å². The van der Waals surface area contributed by atoms with E-state index in [1.54, 1.807) is 6.26 Å². The fourth-order valence-electron chi connectivity index (χ4n) is 1.26. The number of hydrogen-bond acceptors (Lipinski definition) is 5. The number of anilines is 1. The summed E-state index contributed by atoms with van der Waals surface area (Å²) >= 11 is 1.28. The SMILES string of the molecule is CC(=O)c1c(C)nsc1NCC(C)S(C)=O. The molecule has 0 aliphatic heterocycles. The molecule has 0 saturated carbocycles. The molecule has 1 aromatic rings. The molecule has 0 saturated heterocycles. The lowest BCUT2D eigenvalue weighted by atomic mass is 10.2. The maximum atomic E-state index is 11.4. The predicted octanol–water partition coefficient (Wildman–Crippen LogP) is 1.83. The van der Waals surface area contributed by atoms with E-state index < -0.39 is 10.8 Å². The number of nitrogens with zero attached hydrogens (tertiary/aromatic N) is 1. The van der Waals surface area contributed by atoms with E-state index in [1.807, 2.05) is 13.8 Å². The molecule has 0 fully saturated rings. The Morgan fingerprint density at radius 3 is 2.75 bits per heavy atom. The number of aromatic nitrogens is 1. The smallest absolute Gasteiger partial charge is 0.164 e. The molecule has 2 unspecified atom stereocenters. The van der Waals surface area contributed by atoms with Gasteiger partial charge in [-0.15, -0.1) is 0 Å². The molecule has 0 bridgehead atoms. The highest BCUT2D eigenvalue weighted by Crippen LogP contribution is 2.24. The van der Waals surface area contributed by atoms with Crippen LogP contribution in [0.5, 0.6) is 0 Å². The number of ketones is 1. The molecule has 0 aliphatic rings. The number of carbonyl (C=O) groups excluding carboxylic acids is 1. The normalized spacial score (nSPS) is 14.5. The van der Waals surface area contributed by atoms with Gasteiger partial charge in [0.05, 0.1) is 11.3 Å². The molecule has 16 heavy (non-hydrogen) atoms. The first-order chi connectivity index (χ1) is 7.43. The summed E-state index contributed by atoms with van der Waals surface area (Å²) in [6.07, 6.45) is 1.68. The van der Waals surface area contributed by atoms with Gasteiger partial charge < -0.3 is 5.32 Å². The van der Waals surface area contributed by atoms with Crippen LogP contribution >= 0.6 is 11.5 Å². The van der Waals surface area contributed by atoms with Crippen LogP contribution in [0.1, 0.15) is 29.9 Å². The Kier molecular flexibility index (Phi) is 4.61. The topological polar surface area (TPSA) is 59.1 Å². The van der Waals surface area contributed by atoms with Crippen LogP contribution < -0.4 is 5.32 Å². The standard InChI is InChI=1S/C10H16N2O2S2/c1-6(16(4)14)5-11-10-9(8(3)13)7(2)12-15-10/h6,11H,5H2,1-4H3. The van der Waals surface area contributed by atoms with E-state index in [2.05, 4.69) is 9.69 Å². The Labute approximate surface area is 102 Å². The van der Waals surface area contributed by atoms with E-state index in [0.717, 1.165) is 10.7 Å². The Bertz CT molecular complexity index is 415. The summed E-state index contributed by atoms with van der Waals surface area (Å²) in [5, 5.41) is 3.98. The van der Waals surface area contributed by atoms with Crippen LogP contribution in [0.15, 0.2) is 0 Å². The Morgan fingerprint density at radius 2 is 2.25 bits per heavy atom. The van der Waals surface area contributed by atoms with Crippen molar-refractivity contribution in [3.05, 3.63) is 11.3 Å². The minimum atomic E-state index is -0.858. The fraction of sp³-hybridized carbons (Fsp3) is 0.600. The third kappa shape index (κ3) is 3.12. The molecule has 4 nitrogen and oxygen atoms in total. The summed E-state index contributed by atoms with van der Waals surface area (Å²) in [6.45, 7) is 5.85. The molecule has 0 amide bonds. The van der Waals surface area contributed by atoms with Gasteiger partial charge in [-0.25, -0.2) is 0 Å². The van der Waals surface area contributed by atoms with Crippen molar-refractivity contribution in [3.8, 4) is 0 Å². The van der Waals surface area contributed by atoms with E-state index in [4.69, 9.17) is 0 Å². The first kappa shape index (κ1) is 13.3. The first-order valence-electron chi connectivity index (χ1n) is 4.96. The van der Waals surface area contributed by atoms with Crippen LogP contribution in [0.2, 0.25) is 0 Å². The number of Topliss-reactive ketones (excluding diaryl/α,β-unsaturated/α-hetero) is 1. The lowest BCUT2D eigenvalue weighted by molar-refractivity contribution is 0.101. The van der Waals surface area contributed by atoms with Crippen LogP contribution in [0.4, 0.5) is 5.00 Å². The number of rotatable bonds is 5. The van der Waals surface area contributed by atoms with Gasteiger partial charge in [0.1, 0.15) is 5.00 Å². The van der Waals surface area contributed by atoms with Gasteiger partial charge in [0, 0.05) is 28.9 Å². The Hall–Kier alpha value is -0.750. The monoisotopic (exact) mass is 260 g/mol. The second-order valence-corrected chi connectivity index (χ2v) is 6.29. The van der Waals surface area contributed by atoms with E-state index in [1.165, 1.54) is 18.5 Å². The van der Waals surface area contributed by atoms with Crippen molar-refractivity contribution in [1.82, 2.24) is 4.37 Å². The van der Waals surface area contributed by atoms with Crippen LogP contribution in [0.3, 0.4) is 0 Å². The van der Waals surface area contributed by atoms with Gasteiger partial charge in [-0.3, -0.25) is 9.00 Å². The molecule has 0 aliphatic carbocycles. The summed E-state index contributed by atoms with van der Waals surface area (Å²) in [5.41, 5.74) is 1.41. The molecule has 0 radical (unpaired) electrons. The zero-order chi connectivity index (χ0) is 12.3. The second-order valence-electron chi connectivity index (χ2n) is 3.72. The van der Waals surface area contributed by atoms with Crippen molar-refractivity contribution in [2.45, 2.75) is 26.0 Å². The Morgan fingerprint density at radius 1 is 1.62 bits per heavy atom. The van der Waals surface area contributed by atoms with Crippen molar-refractivity contribution in [3.63, 3.8) is 0 Å². The molecular weight excluding hydrogens is 244 g/mol. The highest BCUT2D eigenvalue weighted by molar-refractivity contribution is 7.84. The maximum Gasteiger partial charge on any atom is 0.164 e. The van der Waals surface area contributed by atoms with Crippen molar-refractivity contribution < 1.29 is 9.00 Å². The zero-order valence-corrected chi connectivity index (χ0v) is 11.5. The number of nitrogens with one attached hydrogen (secondary N) is 1. The van der Waals surface area contributed by atoms with Crippen LogP contribution in [-0.4, -0.2) is 32.4 Å².